The monoisotopic (exact) mass is 161 g/mol. The zero-order valence-corrected chi connectivity index (χ0v) is 7.51. The summed E-state index contributed by atoms with van der Waals surface area (Å²) < 4.78 is 0. The maximum Gasteiger partial charge on any atom is 0.0340 e. The van der Waals surface area contributed by atoms with Gasteiger partial charge in [0.05, 0.1) is 0 Å². The van der Waals surface area contributed by atoms with Crippen LogP contribution >= 0.6 is 0 Å². The molecule has 0 aliphatic carbocycles. The lowest BCUT2D eigenvalue weighted by atomic mass is 10.2. The molecule has 0 saturated carbocycles. The topological polar surface area (TPSA) is 12.0 Å². The molecule has 0 aliphatic heterocycles. The normalized spacial score (nSPS) is 9.42. The van der Waals surface area contributed by atoms with Crippen LogP contribution in [0.15, 0.2) is 30.8 Å². The summed E-state index contributed by atoms with van der Waals surface area (Å²) in [5.41, 5.74) is 2.35. The van der Waals surface area contributed by atoms with Gasteiger partial charge in [0.2, 0.25) is 0 Å². The molecule has 1 aromatic rings. The lowest BCUT2D eigenvalue weighted by Gasteiger charge is -2.03. The van der Waals surface area contributed by atoms with Crippen molar-refractivity contribution >= 4 is 11.8 Å². The Morgan fingerprint density at radius 1 is 1.33 bits per heavy atom. The van der Waals surface area contributed by atoms with Gasteiger partial charge in [-0.2, -0.15) is 0 Å². The van der Waals surface area contributed by atoms with E-state index in [1.54, 1.807) is 0 Å². The van der Waals surface area contributed by atoms with E-state index in [1.807, 2.05) is 6.08 Å². The summed E-state index contributed by atoms with van der Waals surface area (Å²) in [6, 6.07) is 8.27. The van der Waals surface area contributed by atoms with E-state index in [4.69, 9.17) is 0 Å². The van der Waals surface area contributed by atoms with Crippen LogP contribution in [0.4, 0.5) is 5.69 Å². The summed E-state index contributed by atoms with van der Waals surface area (Å²) >= 11 is 0. The zero-order chi connectivity index (χ0) is 8.81. The Labute approximate surface area is 74.1 Å². The lowest BCUT2D eigenvalue weighted by Crippen LogP contribution is -1.98. The maximum absolute atomic E-state index is 3.70. The Kier molecular flexibility index (Phi) is 3.39. The van der Waals surface area contributed by atoms with Crippen molar-refractivity contribution in [2.75, 3.05) is 11.9 Å². The fourth-order valence-corrected chi connectivity index (χ4v) is 1.01. The molecule has 64 valence electrons. The van der Waals surface area contributed by atoms with Crippen molar-refractivity contribution < 1.29 is 0 Å². The summed E-state index contributed by atoms with van der Waals surface area (Å²) in [7, 11) is 0. The highest BCUT2D eigenvalue weighted by Crippen LogP contribution is 2.09. The smallest absolute Gasteiger partial charge is 0.0340 e. The molecule has 0 aliphatic rings. The molecule has 12 heavy (non-hydrogen) atoms. The molecule has 1 N–H and O–H groups in total. The van der Waals surface area contributed by atoms with Crippen LogP contribution in [0.1, 0.15) is 18.9 Å². The molecule has 0 aromatic heterocycles. The molecule has 1 rings (SSSR count). The summed E-state index contributed by atoms with van der Waals surface area (Å²) in [6.07, 6.45) is 3.01. The van der Waals surface area contributed by atoms with Gasteiger partial charge < -0.3 is 5.32 Å². The van der Waals surface area contributed by atoms with Crippen molar-refractivity contribution in [2.24, 2.45) is 0 Å². The molecule has 0 bridgehead atoms. The summed E-state index contributed by atoms with van der Waals surface area (Å²) in [4.78, 5) is 0. The molecule has 0 fully saturated rings. The average molecular weight is 161 g/mol. The summed E-state index contributed by atoms with van der Waals surface area (Å²) in [5, 5.41) is 3.31. The highest BCUT2D eigenvalue weighted by Gasteiger charge is 1.88. The molecule has 1 nitrogen and oxygen atoms in total. The minimum Gasteiger partial charge on any atom is -0.385 e. The van der Waals surface area contributed by atoms with Gasteiger partial charge in [0, 0.05) is 12.2 Å². The molecule has 0 heterocycles. The maximum atomic E-state index is 3.70. The summed E-state index contributed by atoms with van der Waals surface area (Å²) in [5.74, 6) is 0. The molecule has 1 aromatic carbocycles. The molecule has 0 unspecified atom stereocenters. The molecular formula is C11H15N. The van der Waals surface area contributed by atoms with E-state index < -0.39 is 0 Å². The van der Waals surface area contributed by atoms with Crippen molar-refractivity contribution in [3.8, 4) is 0 Å². The Bertz CT molecular complexity index is 236. The van der Waals surface area contributed by atoms with Crippen LogP contribution in [-0.4, -0.2) is 6.54 Å². The first-order valence-corrected chi connectivity index (χ1v) is 4.33. The fourth-order valence-electron chi connectivity index (χ4n) is 1.01. The van der Waals surface area contributed by atoms with Gasteiger partial charge >= 0.3 is 0 Å². The number of hydrogen-bond donors (Lipinski definition) is 1. The fraction of sp³-hybridized carbons (Fsp3) is 0.273. The van der Waals surface area contributed by atoms with Crippen LogP contribution in [0, 0.1) is 0 Å². The SMILES string of the molecule is C=Cc1ccc(NCCC)cc1. The predicted octanol–water partition coefficient (Wildman–Crippen LogP) is 3.15. The third-order valence-corrected chi connectivity index (χ3v) is 1.73. The standard InChI is InChI=1S/C11H15N/c1-3-9-12-11-7-5-10(4-2)6-8-11/h4-8,12H,2-3,9H2,1H3. The van der Waals surface area contributed by atoms with Gasteiger partial charge in [-0.15, -0.1) is 0 Å². The van der Waals surface area contributed by atoms with E-state index in [9.17, 15) is 0 Å². The van der Waals surface area contributed by atoms with Crippen molar-refractivity contribution in [2.45, 2.75) is 13.3 Å². The number of benzene rings is 1. The molecule has 0 spiro atoms. The first-order valence-electron chi connectivity index (χ1n) is 4.33. The van der Waals surface area contributed by atoms with Gasteiger partial charge in [-0.05, 0) is 24.1 Å². The van der Waals surface area contributed by atoms with Crippen LogP contribution in [0.3, 0.4) is 0 Å². The Balaban J connectivity index is 2.58. The van der Waals surface area contributed by atoms with Gasteiger partial charge in [0.15, 0.2) is 0 Å². The van der Waals surface area contributed by atoms with Gasteiger partial charge in [0.25, 0.3) is 0 Å². The third kappa shape index (κ3) is 2.42. The van der Waals surface area contributed by atoms with E-state index >= 15 is 0 Å². The van der Waals surface area contributed by atoms with Crippen molar-refractivity contribution in [1.29, 1.82) is 0 Å². The van der Waals surface area contributed by atoms with Crippen LogP contribution in [0.2, 0.25) is 0 Å². The Morgan fingerprint density at radius 3 is 2.50 bits per heavy atom. The molecule has 0 amide bonds. The molecule has 0 atom stereocenters. The highest BCUT2D eigenvalue weighted by atomic mass is 14.9. The lowest BCUT2D eigenvalue weighted by molar-refractivity contribution is 0.980. The minimum atomic E-state index is 1.04. The quantitative estimate of drug-likeness (QED) is 0.715. The van der Waals surface area contributed by atoms with Crippen molar-refractivity contribution in [1.82, 2.24) is 0 Å². The second-order valence-corrected chi connectivity index (χ2v) is 2.75. The van der Waals surface area contributed by atoms with E-state index in [0.29, 0.717) is 0 Å². The average Bonchev–Trinajstić information content (AvgIpc) is 2.15. The van der Waals surface area contributed by atoms with E-state index in [-0.39, 0.29) is 0 Å². The number of rotatable bonds is 4. The Hall–Kier alpha value is -1.24. The van der Waals surface area contributed by atoms with Crippen LogP contribution in [-0.2, 0) is 0 Å². The van der Waals surface area contributed by atoms with E-state index in [1.165, 1.54) is 5.69 Å². The first kappa shape index (κ1) is 8.85. The third-order valence-electron chi connectivity index (χ3n) is 1.73. The van der Waals surface area contributed by atoms with Crippen molar-refractivity contribution in [3.05, 3.63) is 36.4 Å². The number of nitrogens with one attached hydrogen (secondary N) is 1. The van der Waals surface area contributed by atoms with Crippen LogP contribution < -0.4 is 5.32 Å². The molecule has 0 radical (unpaired) electrons. The number of anilines is 1. The molecule has 0 saturated heterocycles. The summed E-state index contributed by atoms with van der Waals surface area (Å²) in [6.45, 7) is 6.90. The predicted molar refractivity (Wildman–Crippen MR) is 55.3 cm³/mol. The number of hydrogen-bond acceptors (Lipinski definition) is 1. The Morgan fingerprint density at radius 2 is 2.00 bits per heavy atom. The highest BCUT2D eigenvalue weighted by molar-refractivity contribution is 5.53. The van der Waals surface area contributed by atoms with Gasteiger partial charge in [-0.1, -0.05) is 31.7 Å². The van der Waals surface area contributed by atoms with E-state index in [0.717, 1.165) is 18.5 Å². The minimum absolute atomic E-state index is 1.04. The molecule has 1 heteroatoms. The van der Waals surface area contributed by atoms with Gasteiger partial charge in [-0.25, -0.2) is 0 Å². The first-order chi connectivity index (χ1) is 5.86. The zero-order valence-electron chi connectivity index (χ0n) is 7.51. The van der Waals surface area contributed by atoms with E-state index in [2.05, 4.69) is 43.1 Å². The van der Waals surface area contributed by atoms with Crippen molar-refractivity contribution in [3.63, 3.8) is 0 Å². The second-order valence-electron chi connectivity index (χ2n) is 2.75. The molecular weight excluding hydrogens is 146 g/mol. The van der Waals surface area contributed by atoms with Gasteiger partial charge in [0.1, 0.15) is 0 Å². The second kappa shape index (κ2) is 4.60. The van der Waals surface area contributed by atoms with Gasteiger partial charge in [-0.3, -0.25) is 0 Å². The van der Waals surface area contributed by atoms with Crippen LogP contribution in [0.5, 0.6) is 0 Å². The largest absolute Gasteiger partial charge is 0.385 e. The van der Waals surface area contributed by atoms with Crippen LogP contribution in [0.25, 0.3) is 6.08 Å².